The number of benzene rings is 1. The van der Waals surface area contributed by atoms with Gasteiger partial charge in [0.25, 0.3) is 5.56 Å². The van der Waals surface area contributed by atoms with E-state index in [1.165, 1.54) is 10.6 Å². The van der Waals surface area contributed by atoms with Crippen LogP contribution in [0.15, 0.2) is 57.7 Å². The summed E-state index contributed by atoms with van der Waals surface area (Å²) < 4.78 is 8.15. The molecule has 1 unspecified atom stereocenters. The SMILES string of the molecule is CC(C)Oc1ccc(Nc2cc(=O)n(CCCC(=O)O)c(=O)n2CC2=CCC(Cl)C=C2)cc1Cl. The number of halogens is 2. The highest BCUT2D eigenvalue weighted by molar-refractivity contribution is 6.32. The topological polar surface area (TPSA) is 103 Å². The first kappa shape index (κ1) is 25.6. The number of allylic oxidation sites excluding steroid dienone is 4. The van der Waals surface area contributed by atoms with Crippen molar-refractivity contribution in [2.24, 2.45) is 0 Å². The standard InChI is InChI=1S/C24H27Cl2N3O5/c1-15(2)34-20-10-9-18(12-19(20)26)27-21-13-22(30)28(11-3-4-23(31)32)24(33)29(21)14-16-5-7-17(25)8-6-16/h5-7,9-10,12-13,15,17,27H,3-4,8,11,14H2,1-2H3,(H,31,32). The second-order valence-corrected chi connectivity index (χ2v) is 9.18. The molecule has 0 aliphatic heterocycles. The lowest BCUT2D eigenvalue weighted by atomic mass is 10.1. The first-order valence-corrected chi connectivity index (χ1v) is 11.8. The number of ether oxygens (including phenoxy) is 1. The minimum absolute atomic E-state index is 0.00987. The van der Waals surface area contributed by atoms with Crippen molar-refractivity contribution in [2.45, 2.75) is 57.7 Å². The van der Waals surface area contributed by atoms with E-state index in [1.807, 2.05) is 32.1 Å². The number of alkyl halides is 1. The minimum atomic E-state index is -0.985. The zero-order chi connectivity index (χ0) is 24.8. The molecule has 8 nitrogen and oxygen atoms in total. The van der Waals surface area contributed by atoms with Crippen molar-refractivity contribution in [3.63, 3.8) is 0 Å². The first-order valence-electron chi connectivity index (χ1n) is 10.9. The van der Waals surface area contributed by atoms with Crippen molar-refractivity contribution in [3.05, 3.63) is 73.9 Å². The molecule has 0 saturated heterocycles. The smallest absolute Gasteiger partial charge is 0.332 e. The molecule has 0 fully saturated rings. The Kier molecular flexibility index (Phi) is 8.63. The Morgan fingerprint density at radius 2 is 2.03 bits per heavy atom. The molecule has 1 heterocycles. The van der Waals surface area contributed by atoms with Crippen LogP contribution in [0, 0.1) is 0 Å². The third-order valence-electron chi connectivity index (χ3n) is 5.08. The number of aromatic nitrogens is 2. The van der Waals surface area contributed by atoms with Gasteiger partial charge in [0.15, 0.2) is 0 Å². The van der Waals surface area contributed by atoms with Crippen molar-refractivity contribution in [1.29, 1.82) is 0 Å². The maximum Gasteiger partial charge on any atom is 0.332 e. The number of aliphatic carboxylic acids is 1. The summed E-state index contributed by atoms with van der Waals surface area (Å²) >= 11 is 12.5. The van der Waals surface area contributed by atoms with Gasteiger partial charge in [-0.3, -0.25) is 18.7 Å². The van der Waals surface area contributed by atoms with E-state index in [4.69, 9.17) is 33.0 Å². The van der Waals surface area contributed by atoms with Crippen LogP contribution in [-0.4, -0.2) is 31.7 Å². The molecule has 2 N–H and O–H groups in total. The highest BCUT2D eigenvalue weighted by Crippen LogP contribution is 2.30. The molecule has 3 rings (SSSR count). The van der Waals surface area contributed by atoms with Crippen molar-refractivity contribution in [2.75, 3.05) is 5.32 Å². The molecule has 1 aromatic carbocycles. The van der Waals surface area contributed by atoms with Gasteiger partial charge < -0.3 is 15.2 Å². The fraction of sp³-hybridized carbons (Fsp3) is 0.375. The van der Waals surface area contributed by atoms with Crippen LogP contribution in [0.5, 0.6) is 5.75 Å². The largest absolute Gasteiger partial charge is 0.489 e. The van der Waals surface area contributed by atoms with Crippen LogP contribution in [0.2, 0.25) is 5.02 Å². The average molecular weight is 508 g/mol. The van der Waals surface area contributed by atoms with Crippen LogP contribution in [0.4, 0.5) is 11.5 Å². The van der Waals surface area contributed by atoms with Crippen molar-refractivity contribution < 1.29 is 14.6 Å². The van der Waals surface area contributed by atoms with Crippen LogP contribution >= 0.6 is 23.2 Å². The Labute approximate surface area is 207 Å². The van der Waals surface area contributed by atoms with Gasteiger partial charge in [0.05, 0.1) is 23.0 Å². The summed E-state index contributed by atoms with van der Waals surface area (Å²) in [6.07, 6.45) is 6.27. The molecule has 0 amide bonds. The lowest BCUT2D eigenvalue weighted by Crippen LogP contribution is -2.40. The molecule has 0 bridgehead atoms. The molecule has 182 valence electrons. The number of rotatable bonds is 10. The average Bonchev–Trinajstić information content (AvgIpc) is 2.76. The normalized spacial score (nSPS) is 15.3. The van der Waals surface area contributed by atoms with Crippen LogP contribution in [0.3, 0.4) is 0 Å². The lowest BCUT2D eigenvalue weighted by Gasteiger charge is -2.19. The number of hydrogen-bond donors (Lipinski definition) is 2. The van der Waals surface area contributed by atoms with Gasteiger partial charge in [-0.25, -0.2) is 4.79 Å². The number of nitrogens with one attached hydrogen (secondary N) is 1. The van der Waals surface area contributed by atoms with E-state index in [1.54, 1.807) is 18.2 Å². The number of anilines is 2. The summed E-state index contributed by atoms with van der Waals surface area (Å²) in [6, 6.07) is 6.44. The summed E-state index contributed by atoms with van der Waals surface area (Å²) in [7, 11) is 0. The number of hydrogen-bond acceptors (Lipinski definition) is 5. The number of nitrogens with zero attached hydrogens (tertiary/aromatic N) is 2. The molecule has 1 aromatic heterocycles. The van der Waals surface area contributed by atoms with Crippen LogP contribution in [0.1, 0.15) is 33.1 Å². The summed E-state index contributed by atoms with van der Waals surface area (Å²) in [5.74, 6) is -0.163. The zero-order valence-electron chi connectivity index (χ0n) is 19.0. The van der Waals surface area contributed by atoms with Gasteiger partial charge in [0, 0.05) is 24.7 Å². The monoisotopic (exact) mass is 507 g/mol. The zero-order valence-corrected chi connectivity index (χ0v) is 20.5. The lowest BCUT2D eigenvalue weighted by molar-refractivity contribution is -0.137. The van der Waals surface area contributed by atoms with Crippen LogP contribution < -0.4 is 21.3 Å². The second-order valence-electron chi connectivity index (χ2n) is 8.21. The maximum atomic E-state index is 13.3. The molecule has 0 spiro atoms. The first-order chi connectivity index (χ1) is 16.1. The molecule has 1 atom stereocenters. The molecule has 10 heteroatoms. The summed E-state index contributed by atoms with van der Waals surface area (Å²) in [5.41, 5.74) is 0.394. The number of carboxylic acids is 1. The predicted octanol–water partition coefficient (Wildman–Crippen LogP) is 4.55. The minimum Gasteiger partial charge on any atom is -0.489 e. The van der Waals surface area contributed by atoms with Gasteiger partial charge in [-0.15, -0.1) is 11.6 Å². The molecule has 1 aliphatic rings. The van der Waals surface area contributed by atoms with E-state index in [0.29, 0.717) is 28.7 Å². The van der Waals surface area contributed by atoms with E-state index >= 15 is 0 Å². The third-order valence-corrected chi connectivity index (χ3v) is 5.70. The molecular formula is C24H27Cl2N3O5. The van der Waals surface area contributed by atoms with Gasteiger partial charge in [0.1, 0.15) is 11.6 Å². The molecule has 1 aliphatic carbocycles. The Hall–Kier alpha value is -2.97. The van der Waals surface area contributed by atoms with Crippen molar-refractivity contribution >= 4 is 40.7 Å². The second kappa shape index (κ2) is 11.4. The van der Waals surface area contributed by atoms with Crippen LogP contribution in [-0.2, 0) is 17.9 Å². The highest BCUT2D eigenvalue weighted by atomic mass is 35.5. The summed E-state index contributed by atoms with van der Waals surface area (Å²) in [5, 5.41) is 12.3. The van der Waals surface area contributed by atoms with Gasteiger partial charge in [-0.05, 0) is 50.5 Å². The van der Waals surface area contributed by atoms with E-state index in [-0.39, 0.29) is 37.4 Å². The van der Waals surface area contributed by atoms with Gasteiger partial charge >= 0.3 is 11.7 Å². The van der Waals surface area contributed by atoms with E-state index in [0.717, 1.165) is 10.1 Å². The highest BCUT2D eigenvalue weighted by Gasteiger charge is 2.15. The van der Waals surface area contributed by atoms with E-state index in [9.17, 15) is 14.4 Å². The van der Waals surface area contributed by atoms with Crippen molar-refractivity contribution in [3.8, 4) is 5.75 Å². The molecule has 34 heavy (non-hydrogen) atoms. The Morgan fingerprint density at radius 1 is 1.26 bits per heavy atom. The van der Waals surface area contributed by atoms with E-state index < -0.39 is 17.2 Å². The molecular weight excluding hydrogens is 481 g/mol. The summed E-state index contributed by atoms with van der Waals surface area (Å²) in [4.78, 5) is 36.9. The van der Waals surface area contributed by atoms with Gasteiger partial charge in [-0.1, -0.05) is 29.8 Å². The number of carboxylic acid groups (broad SMARTS) is 1. The third kappa shape index (κ3) is 6.77. The van der Waals surface area contributed by atoms with Gasteiger partial charge in [0.2, 0.25) is 0 Å². The summed E-state index contributed by atoms with van der Waals surface area (Å²) in [6.45, 7) is 4.01. The predicted molar refractivity (Wildman–Crippen MR) is 134 cm³/mol. The quantitative estimate of drug-likeness (QED) is 0.457. The fourth-order valence-electron chi connectivity index (χ4n) is 3.48. The maximum absolute atomic E-state index is 13.3. The number of carbonyl (C=O) groups is 1. The molecule has 0 radical (unpaired) electrons. The molecule has 0 saturated carbocycles. The van der Waals surface area contributed by atoms with Crippen LogP contribution in [0.25, 0.3) is 0 Å². The Bertz CT molecular complexity index is 1230. The fourth-order valence-corrected chi connectivity index (χ4v) is 3.87. The van der Waals surface area contributed by atoms with E-state index in [2.05, 4.69) is 5.32 Å². The molecule has 2 aromatic rings. The van der Waals surface area contributed by atoms with Crippen molar-refractivity contribution in [1.82, 2.24) is 9.13 Å². The Balaban J connectivity index is 1.97. The Morgan fingerprint density at radius 3 is 2.65 bits per heavy atom. The van der Waals surface area contributed by atoms with Gasteiger partial charge in [-0.2, -0.15) is 0 Å².